The molecule has 4 rings (SSSR count). The third-order valence-electron chi connectivity index (χ3n) is 5.12. The Hall–Kier alpha value is -2.63. The van der Waals surface area contributed by atoms with Gasteiger partial charge in [-0.15, -0.1) is 0 Å². The molecule has 0 spiro atoms. The number of benzene rings is 1. The van der Waals surface area contributed by atoms with Gasteiger partial charge in [0.25, 0.3) is 5.91 Å². The molecule has 130 valence electrons. The molecule has 2 N–H and O–H groups in total. The van der Waals surface area contributed by atoms with Gasteiger partial charge < -0.3 is 9.88 Å². The van der Waals surface area contributed by atoms with E-state index in [-0.39, 0.29) is 23.8 Å². The lowest BCUT2D eigenvalue weighted by molar-refractivity contribution is -0.128. The van der Waals surface area contributed by atoms with Crippen LogP contribution in [0.15, 0.2) is 29.4 Å². The Balaban J connectivity index is 1.72. The molecule has 1 aromatic heterocycles. The molecule has 25 heavy (non-hydrogen) atoms. The third-order valence-corrected chi connectivity index (χ3v) is 5.12. The Kier molecular flexibility index (Phi) is 3.82. The minimum Gasteiger partial charge on any atom is -0.356 e. The van der Waals surface area contributed by atoms with Crippen LogP contribution >= 0.6 is 0 Å². The van der Waals surface area contributed by atoms with Crippen LogP contribution < -0.4 is 5.43 Å². The lowest BCUT2D eigenvalue weighted by Gasteiger charge is -2.38. The number of aromatic amines is 1. The van der Waals surface area contributed by atoms with Crippen LogP contribution in [0.1, 0.15) is 44.0 Å². The molecule has 2 aliphatic rings. The first kappa shape index (κ1) is 15.9. The number of fused-ring (bicyclic) bond motifs is 3. The number of carbonyl (C=O) groups is 2. The van der Waals surface area contributed by atoms with Crippen molar-refractivity contribution < 1.29 is 9.59 Å². The Morgan fingerprint density at radius 2 is 2.04 bits per heavy atom. The van der Waals surface area contributed by atoms with E-state index in [0.29, 0.717) is 25.1 Å². The van der Waals surface area contributed by atoms with Crippen LogP contribution in [0.3, 0.4) is 0 Å². The number of carbonyl (C=O) groups excluding carboxylic acids is 2. The number of rotatable bonds is 2. The van der Waals surface area contributed by atoms with E-state index in [9.17, 15) is 9.59 Å². The molecule has 2 aromatic rings. The standard InChI is InChI=1S/C19H22N4O2/c1-11(2)18-17-13(12-5-3-4-6-14(12)20-17)9-10-23(18)19(25)15-7-8-16(24)22-21-15/h3-6,11,18,20H,7-10H2,1-2H3,(H,22,24). The van der Waals surface area contributed by atoms with Gasteiger partial charge in [-0.25, -0.2) is 5.43 Å². The van der Waals surface area contributed by atoms with Crippen LogP contribution in [-0.2, 0) is 16.0 Å². The zero-order valence-corrected chi connectivity index (χ0v) is 14.5. The predicted molar refractivity (Wildman–Crippen MR) is 96.1 cm³/mol. The summed E-state index contributed by atoms with van der Waals surface area (Å²) >= 11 is 0. The summed E-state index contributed by atoms with van der Waals surface area (Å²) in [7, 11) is 0. The van der Waals surface area contributed by atoms with Crippen molar-refractivity contribution in [2.45, 2.75) is 39.2 Å². The molecule has 2 amide bonds. The first-order chi connectivity index (χ1) is 12.1. The zero-order valence-electron chi connectivity index (χ0n) is 14.5. The van der Waals surface area contributed by atoms with Crippen LogP contribution in [0, 0.1) is 5.92 Å². The van der Waals surface area contributed by atoms with E-state index in [0.717, 1.165) is 17.6 Å². The summed E-state index contributed by atoms with van der Waals surface area (Å²) in [5.74, 6) is 0.0753. The molecule has 0 bridgehead atoms. The summed E-state index contributed by atoms with van der Waals surface area (Å²) in [6, 6.07) is 8.29. The first-order valence-electron chi connectivity index (χ1n) is 8.82. The summed E-state index contributed by atoms with van der Waals surface area (Å²) in [5.41, 5.74) is 6.45. The van der Waals surface area contributed by atoms with Gasteiger partial charge in [0.1, 0.15) is 5.71 Å². The van der Waals surface area contributed by atoms with Gasteiger partial charge in [-0.05, 0) is 24.0 Å². The van der Waals surface area contributed by atoms with E-state index in [2.05, 4.69) is 47.6 Å². The van der Waals surface area contributed by atoms with Crippen molar-refractivity contribution >= 4 is 28.4 Å². The van der Waals surface area contributed by atoms with Crippen molar-refractivity contribution in [2.75, 3.05) is 6.54 Å². The minimum absolute atomic E-state index is 0.0102. The van der Waals surface area contributed by atoms with Crippen molar-refractivity contribution in [3.05, 3.63) is 35.5 Å². The van der Waals surface area contributed by atoms with E-state index < -0.39 is 0 Å². The van der Waals surface area contributed by atoms with Crippen molar-refractivity contribution in [3.63, 3.8) is 0 Å². The molecule has 0 saturated heterocycles. The average Bonchev–Trinajstić information content (AvgIpc) is 2.99. The summed E-state index contributed by atoms with van der Waals surface area (Å²) < 4.78 is 0. The highest BCUT2D eigenvalue weighted by Crippen LogP contribution is 2.38. The number of nitrogens with zero attached hydrogens (tertiary/aromatic N) is 2. The maximum absolute atomic E-state index is 13.0. The summed E-state index contributed by atoms with van der Waals surface area (Å²) in [6.07, 6.45) is 1.56. The van der Waals surface area contributed by atoms with Gasteiger partial charge in [-0.2, -0.15) is 5.10 Å². The molecule has 6 heteroatoms. The quantitative estimate of drug-likeness (QED) is 0.882. The van der Waals surface area contributed by atoms with Gasteiger partial charge in [0.2, 0.25) is 5.91 Å². The van der Waals surface area contributed by atoms with Gasteiger partial charge in [0.15, 0.2) is 0 Å². The van der Waals surface area contributed by atoms with Gasteiger partial charge in [-0.3, -0.25) is 9.59 Å². The van der Waals surface area contributed by atoms with Crippen LogP contribution in [0.5, 0.6) is 0 Å². The van der Waals surface area contributed by atoms with Crippen LogP contribution in [0.25, 0.3) is 10.9 Å². The van der Waals surface area contributed by atoms with Gasteiger partial charge >= 0.3 is 0 Å². The normalized spacial score (nSPS) is 20.4. The maximum Gasteiger partial charge on any atom is 0.270 e. The van der Waals surface area contributed by atoms with Crippen molar-refractivity contribution in [2.24, 2.45) is 11.0 Å². The smallest absolute Gasteiger partial charge is 0.270 e. The molecule has 0 radical (unpaired) electrons. The minimum atomic E-state index is -0.131. The number of H-pyrrole nitrogens is 1. The number of nitrogens with one attached hydrogen (secondary N) is 2. The van der Waals surface area contributed by atoms with Gasteiger partial charge in [-0.1, -0.05) is 32.0 Å². The summed E-state index contributed by atoms with van der Waals surface area (Å²) in [4.78, 5) is 29.8. The van der Waals surface area contributed by atoms with E-state index in [1.165, 1.54) is 10.9 Å². The molecule has 2 aliphatic heterocycles. The lowest BCUT2D eigenvalue weighted by atomic mass is 9.89. The van der Waals surface area contributed by atoms with E-state index >= 15 is 0 Å². The number of aromatic nitrogens is 1. The molecular formula is C19H22N4O2. The number of amides is 2. The Labute approximate surface area is 146 Å². The molecular weight excluding hydrogens is 316 g/mol. The number of hydrogen-bond acceptors (Lipinski definition) is 3. The van der Waals surface area contributed by atoms with Gasteiger partial charge in [0, 0.05) is 36.0 Å². The molecule has 1 atom stereocenters. The fourth-order valence-electron chi connectivity index (χ4n) is 3.99. The SMILES string of the molecule is CC(C)C1c2[nH]c3ccccc3c2CCN1C(=O)C1=NNC(=O)CC1. The Morgan fingerprint density at radius 1 is 1.24 bits per heavy atom. The highest BCUT2D eigenvalue weighted by Gasteiger charge is 2.37. The van der Waals surface area contributed by atoms with E-state index in [4.69, 9.17) is 0 Å². The average molecular weight is 338 g/mol. The second kappa shape index (κ2) is 6.02. The van der Waals surface area contributed by atoms with Crippen molar-refractivity contribution in [1.82, 2.24) is 15.3 Å². The Bertz CT molecular complexity index is 881. The van der Waals surface area contributed by atoms with E-state index in [1.807, 2.05) is 11.0 Å². The molecule has 3 heterocycles. The molecule has 0 aliphatic carbocycles. The predicted octanol–water partition coefficient (Wildman–Crippen LogP) is 2.52. The molecule has 1 unspecified atom stereocenters. The summed E-state index contributed by atoms with van der Waals surface area (Å²) in [6.45, 7) is 4.94. The largest absolute Gasteiger partial charge is 0.356 e. The number of para-hydroxylation sites is 1. The first-order valence-corrected chi connectivity index (χ1v) is 8.82. The zero-order chi connectivity index (χ0) is 17.6. The van der Waals surface area contributed by atoms with Crippen molar-refractivity contribution in [3.8, 4) is 0 Å². The third kappa shape index (κ3) is 2.62. The molecule has 1 aromatic carbocycles. The second-order valence-corrected chi connectivity index (χ2v) is 7.09. The van der Waals surface area contributed by atoms with Crippen LogP contribution in [0.2, 0.25) is 0 Å². The number of hydrogen-bond donors (Lipinski definition) is 2. The maximum atomic E-state index is 13.0. The molecule has 0 saturated carbocycles. The highest BCUT2D eigenvalue weighted by molar-refractivity contribution is 6.39. The van der Waals surface area contributed by atoms with Gasteiger partial charge in [0.05, 0.1) is 6.04 Å². The fraction of sp³-hybridized carbons (Fsp3) is 0.421. The van der Waals surface area contributed by atoms with Crippen LogP contribution in [-0.4, -0.2) is 34.0 Å². The fourth-order valence-corrected chi connectivity index (χ4v) is 3.99. The second-order valence-electron chi connectivity index (χ2n) is 7.09. The number of hydrazone groups is 1. The lowest BCUT2D eigenvalue weighted by Crippen LogP contribution is -2.46. The topological polar surface area (TPSA) is 77.6 Å². The van der Waals surface area contributed by atoms with Crippen LogP contribution in [0.4, 0.5) is 0 Å². The Morgan fingerprint density at radius 3 is 2.76 bits per heavy atom. The molecule has 6 nitrogen and oxygen atoms in total. The summed E-state index contributed by atoms with van der Waals surface area (Å²) in [5, 5.41) is 5.24. The monoisotopic (exact) mass is 338 g/mol. The van der Waals surface area contributed by atoms with Crippen molar-refractivity contribution in [1.29, 1.82) is 0 Å². The van der Waals surface area contributed by atoms with E-state index in [1.54, 1.807) is 0 Å². The molecule has 0 fully saturated rings. The highest BCUT2D eigenvalue weighted by atomic mass is 16.2.